The average molecular weight is 210 g/mol. The molecule has 0 fully saturated rings. The molecule has 1 aliphatic rings. The summed E-state index contributed by atoms with van der Waals surface area (Å²) in [4.78, 5) is 14.5. The van der Waals surface area contributed by atoms with E-state index in [1.165, 1.54) is 0 Å². The number of amides is 2. The van der Waals surface area contributed by atoms with Crippen LogP contribution in [0, 0.1) is 0 Å². The number of nitrogens with one attached hydrogen (secondary N) is 1. The third-order valence-corrected chi connectivity index (χ3v) is 2.35. The maximum absolute atomic E-state index is 10.9. The summed E-state index contributed by atoms with van der Waals surface area (Å²) in [6.45, 7) is 0. The van der Waals surface area contributed by atoms with Gasteiger partial charge in [0.1, 0.15) is 11.9 Å². The van der Waals surface area contributed by atoms with E-state index in [0.717, 1.165) is 5.56 Å². The molecule has 0 saturated carbocycles. The number of hydrogen-bond donors (Lipinski definition) is 2. The molecule has 0 bridgehead atoms. The number of carbonyl (C=O) groups is 1. The van der Waals surface area contributed by atoms with Gasteiger partial charge in [0.25, 0.3) is 0 Å². The van der Waals surface area contributed by atoms with Crippen LogP contribution in [-0.2, 0) is 0 Å². The summed E-state index contributed by atoms with van der Waals surface area (Å²) in [6.07, 6.45) is 0. The topological polar surface area (TPSA) is 67.5 Å². The Morgan fingerprint density at radius 1 is 1.43 bits per heavy atom. The van der Waals surface area contributed by atoms with Crippen LogP contribution >= 0.6 is 11.6 Å². The van der Waals surface area contributed by atoms with Crippen LogP contribution in [0.2, 0.25) is 5.02 Å². The Kier molecular flexibility index (Phi) is 2.13. The Labute approximate surface area is 85.8 Å². The van der Waals surface area contributed by atoms with Gasteiger partial charge in [-0.2, -0.15) is 4.99 Å². The van der Waals surface area contributed by atoms with E-state index in [9.17, 15) is 4.79 Å². The summed E-state index contributed by atoms with van der Waals surface area (Å²) >= 11 is 5.96. The second kappa shape index (κ2) is 3.31. The number of urea groups is 1. The van der Waals surface area contributed by atoms with Crippen LogP contribution in [0.25, 0.3) is 0 Å². The molecule has 2 amide bonds. The van der Waals surface area contributed by atoms with Crippen molar-refractivity contribution in [3.05, 3.63) is 34.9 Å². The normalized spacial score (nSPS) is 20.5. The molecule has 3 N–H and O–H groups in total. The van der Waals surface area contributed by atoms with Gasteiger partial charge in [-0.1, -0.05) is 29.8 Å². The molecule has 1 aliphatic heterocycles. The van der Waals surface area contributed by atoms with Crippen LogP contribution in [-0.4, -0.2) is 11.9 Å². The van der Waals surface area contributed by atoms with Gasteiger partial charge >= 0.3 is 6.03 Å². The summed E-state index contributed by atoms with van der Waals surface area (Å²) in [5.74, 6) is 0.253. The van der Waals surface area contributed by atoms with Crippen LogP contribution in [0.5, 0.6) is 0 Å². The molecular formula is C9H8ClN3O. The monoisotopic (exact) mass is 209 g/mol. The van der Waals surface area contributed by atoms with Crippen molar-refractivity contribution in [3.8, 4) is 0 Å². The first-order valence-electron chi connectivity index (χ1n) is 4.07. The first-order valence-corrected chi connectivity index (χ1v) is 4.45. The first kappa shape index (κ1) is 9.02. The van der Waals surface area contributed by atoms with Crippen LogP contribution < -0.4 is 11.1 Å². The molecule has 0 radical (unpaired) electrons. The molecule has 2 rings (SSSR count). The largest absolute Gasteiger partial charge is 0.385 e. The standard InChI is InChI=1S/C9H8ClN3O/c10-6-4-2-1-3-5(6)7-8(11)13-9(14)12-7/h1-4,7H,(H3,11,12,13,14). The van der Waals surface area contributed by atoms with Crippen molar-refractivity contribution in [2.75, 3.05) is 0 Å². The summed E-state index contributed by atoms with van der Waals surface area (Å²) in [5, 5.41) is 3.18. The number of benzene rings is 1. The third-order valence-electron chi connectivity index (χ3n) is 2.01. The number of nitrogens with two attached hydrogens (primary N) is 1. The lowest BCUT2D eigenvalue weighted by molar-refractivity contribution is 0.250. The van der Waals surface area contributed by atoms with Crippen LogP contribution in [0.15, 0.2) is 29.3 Å². The third kappa shape index (κ3) is 1.44. The zero-order valence-corrected chi connectivity index (χ0v) is 7.95. The zero-order valence-electron chi connectivity index (χ0n) is 7.20. The van der Waals surface area contributed by atoms with Crippen molar-refractivity contribution in [1.82, 2.24) is 5.32 Å². The Hall–Kier alpha value is -1.55. The summed E-state index contributed by atoms with van der Waals surface area (Å²) in [5.41, 5.74) is 6.34. The van der Waals surface area contributed by atoms with Crippen molar-refractivity contribution < 1.29 is 4.79 Å². The van der Waals surface area contributed by atoms with Crippen molar-refractivity contribution in [2.24, 2.45) is 10.7 Å². The van der Waals surface area contributed by atoms with E-state index < -0.39 is 12.1 Å². The van der Waals surface area contributed by atoms with E-state index in [1.54, 1.807) is 12.1 Å². The molecule has 0 aliphatic carbocycles. The van der Waals surface area contributed by atoms with E-state index >= 15 is 0 Å². The number of carbonyl (C=O) groups excluding carboxylic acids is 1. The Balaban J connectivity index is 2.38. The molecule has 5 heteroatoms. The van der Waals surface area contributed by atoms with Gasteiger partial charge < -0.3 is 11.1 Å². The summed E-state index contributed by atoms with van der Waals surface area (Å²) < 4.78 is 0. The van der Waals surface area contributed by atoms with Gasteiger partial charge in [0, 0.05) is 10.6 Å². The predicted octanol–water partition coefficient (Wildman–Crippen LogP) is 1.46. The first-order chi connectivity index (χ1) is 6.68. The number of amidine groups is 1. The fraction of sp³-hybridized carbons (Fsp3) is 0.111. The van der Waals surface area contributed by atoms with Gasteiger partial charge in [-0.15, -0.1) is 0 Å². The second-order valence-electron chi connectivity index (χ2n) is 2.94. The minimum atomic E-state index is -0.424. The number of rotatable bonds is 1. The molecule has 72 valence electrons. The van der Waals surface area contributed by atoms with E-state index in [0.29, 0.717) is 5.02 Å². The molecule has 1 aromatic rings. The maximum Gasteiger partial charge on any atom is 0.343 e. The highest BCUT2D eigenvalue weighted by Gasteiger charge is 2.26. The SMILES string of the molecule is NC1=NC(=O)NC1c1ccccc1Cl. The highest BCUT2D eigenvalue weighted by molar-refractivity contribution is 6.31. The van der Waals surface area contributed by atoms with Crippen LogP contribution in [0.4, 0.5) is 4.79 Å². The van der Waals surface area contributed by atoms with Crippen molar-refractivity contribution >= 4 is 23.5 Å². The highest BCUT2D eigenvalue weighted by Crippen LogP contribution is 2.24. The van der Waals surface area contributed by atoms with E-state index in [2.05, 4.69) is 10.3 Å². The van der Waals surface area contributed by atoms with Gasteiger partial charge in [-0.05, 0) is 6.07 Å². The molecule has 0 aromatic heterocycles. The second-order valence-corrected chi connectivity index (χ2v) is 3.35. The van der Waals surface area contributed by atoms with Gasteiger partial charge in [0.15, 0.2) is 0 Å². The fourth-order valence-electron chi connectivity index (χ4n) is 1.36. The number of aliphatic imine (C=N–C) groups is 1. The number of halogens is 1. The molecule has 1 atom stereocenters. The highest BCUT2D eigenvalue weighted by atomic mass is 35.5. The Morgan fingerprint density at radius 3 is 2.71 bits per heavy atom. The van der Waals surface area contributed by atoms with E-state index in [4.69, 9.17) is 17.3 Å². The molecule has 0 saturated heterocycles. The van der Waals surface area contributed by atoms with Crippen LogP contribution in [0.1, 0.15) is 11.6 Å². The molecule has 4 nitrogen and oxygen atoms in total. The van der Waals surface area contributed by atoms with Crippen molar-refractivity contribution in [3.63, 3.8) is 0 Å². The Morgan fingerprint density at radius 2 is 2.14 bits per heavy atom. The minimum Gasteiger partial charge on any atom is -0.385 e. The van der Waals surface area contributed by atoms with Gasteiger partial charge in [0.2, 0.25) is 0 Å². The summed E-state index contributed by atoms with van der Waals surface area (Å²) in [7, 11) is 0. The predicted molar refractivity (Wildman–Crippen MR) is 54.3 cm³/mol. The molecule has 1 aromatic carbocycles. The number of nitrogens with zero attached hydrogens (tertiary/aromatic N) is 1. The van der Waals surface area contributed by atoms with Gasteiger partial charge in [-0.3, -0.25) is 0 Å². The molecule has 1 unspecified atom stereocenters. The quantitative estimate of drug-likeness (QED) is 0.735. The molecule has 0 spiro atoms. The van der Waals surface area contributed by atoms with E-state index in [1.807, 2.05) is 12.1 Å². The average Bonchev–Trinajstić information content (AvgIpc) is 2.46. The molecule has 14 heavy (non-hydrogen) atoms. The van der Waals surface area contributed by atoms with Gasteiger partial charge in [-0.25, -0.2) is 4.79 Å². The fourth-order valence-corrected chi connectivity index (χ4v) is 1.60. The van der Waals surface area contributed by atoms with Crippen molar-refractivity contribution in [1.29, 1.82) is 0 Å². The molecule has 1 heterocycles. The number of hydrogen-bond acceptors (Lipinski definition) is 2. The summed E-state index contributed by atoms with van der Waals surface area (Å²) in [6, 6.07) is 6.38. The maximum atomic E-state index is 10.9. The van der Waals surface area contributed by atoms with E-state index in [-0.39, 0.29) is 5.84 Å². The van der Waals surface area contributed by atoms with Gasteiger partial charge in [0.05, 0.1) is 0 Å². The minimum absolute atomic E-state index is 0.253. The van der Waals surface area contributed by atoms with Crippen LogP contribution in [0.3, 0.4) is 0 Å². The lowest BCUT2D eigenvalue weighted by Gasteiger charge is -2.11. The Bertz CT molecular complexity index is 416. The lowest BCUT2D eigenvalue weighted by atomic mass is 10.1. The molecular weight excluding hydrogens is 202 g/mol. The lowest BCUT2D eigenvalue weighted by Crippen LogP contribution is -2.28. The zero-order chi connectivity index (χ0) is 10.1. The smallest absolute Gasteiger partial charge is 0.343 e. The van der Waals surface area contributed by atoms with Crippen molar-refractivity contribution in [2.45, 2.75) is 6.04 Å².